The van der Waals surface area contributed by atoms with Gasteiger partial charge in [-0.15, -0.1) is 0 Å². The number of azide groups is 1. The van der Waals surface area contributed by atoms with Crippen LogP contribution in [0.2, 0.25) is 0 Å². The van der Waals surface area contributed by atoms with Crippen molar-refractivity contribution in [3.63, 3.8) is 0 Å². The molecule has 176 valence electrons. The lowest BCUT2D eigenvalue weighted by Crippen LogP contribution is -2.63. The van der Waals surface area contributed by atoms with Crippen LogP contribution in [0.25, 0.3) is 10.4 Å². The van der Waals surface area contributed by atoms with Crippen molar-refractivity contribution in [3.8, 4) is 0 Å². The Labute approximate surface area is 182 Å². The monoisotopic (exact) mass is 454 g/mol. The first-order valence-corrected chi connectivity index (χ1v) is 9.76. The van der Waals surface area contributed by atoms with Gasteiger partial charge < -0.3 is 36.4 Å². The van der Waals surface area contributed by atoms with E-state index in [4.69, 9.17) is 5.53 Å². The van der Waals surface area contributed by atoms with Crippen molar-refractivity contribution < 1.29 is 30.1 Å². The van der Waals surface area contributed by atoms with Crippen LogP contribution in [0.1, 0.15) is 0 Å². The number of rotatable bonds is 10. The van der Waals surface area contributed by atoms with Crippen molar-refractivity contribution in [2.45, 2.75) is 24.4 Å². The van der Waals surface area contributed by atoms with Crippen LogP contribution in [0, 0.1) is 10.1 Å². The van der Waals surface area contributed by atoms with E-state index in [1.807, 2.05) is 0 Å². The largest absolute Gasteiger partial charge is 0.395 e. The van der Waals surface area contributed by atoms with E-state index in [-0.39, 0.29) is 49.8 Å². The Balaban J connectivity index is 1.74. The molecule has 1 heterocycles. The molecule has 0 bridgehead atoms. The van der Waals surface area contributed by atoms with Crippen molar-refractivity contribution in [2.75, 3.05) is 44.6 Å². The summed E-state index contributed by atoms with van der Waals surface area (Å²) in [5, 5.41) is 61.3. The van der Waals surface area contributed by atoms with E-state index in [0.717, 1.165) is 6.07 Å². The minimum atomic E-state index is -1.35. The Hall–Kier alpha value is -3.20. The molecule has 0 spiro atoms. The molecule has 1 saturated heterocycles. The van der Waals surface area contributed by atoms with E-state index in [1.165, 1.54) is 12.1 Å². The van der Waals surface area contributed by atoms with Crippen LogP contribution in [0.5, 0.6) is 0 Å². The van der Waals surface area contributed by atoms with E-state index in [1.54, 1.807) is 4.90 Å². The van der Waals surface area contributed by atoms with Gasteiger partial charge in [-0.05, 0) is 11.6 Å². The number of β-amino-alcohol motifs (C(OH)–C–C–N with tert-alkyl or cyclic N) is 1. The number of anilines is 1. The minimum Gasteiger partial charge on any atom is -0.395 e. The van der Waals surface area contributed by atoms with Crippen molar-refractivity contribution in [3.05, 3.63) is 38.8 Å². The Morgan fingerprint density at radius 2 is 1.97 bits per heavy atom. The molecule has 4 atom stereocenters. The van der Waals surface area contributed by atoms with Crippen LogP contribution >= 0.6 is 0 Å². The van der Waals surface area contributed by atoms with Crippen LogP contribution < -0.4 is 16.0 Å². The predicted molar refractivity (Wildman–Crippen MR) is 112 cm³/mol. The number of piperidine rings is 1. The fourth-order valence-corrected chi connectivity index (χ4v) is 3.32. The molecule has 0 radical (unpaired) electrons. The minimum absolute atomic E-state index is 0.0356. The number of carbonyl (C=O) groups excluding carboxylic acids is 1. The van der Waals surface area contributed by atoms with Gasteiger partial charge in [-0.1, -0.05) is 11.2 Å². The zero-order valence-corrected chi connectivity index (χ0v) is 17.0. The third-order valence-electron chi connectivity index (χ3n) is 4.96. The molecule has 0 aliphatic carbocycles. The van der Waals surface area contributed by atoms with Crippen LogP contribution in [0.4, 0.5) is 21.9 Å². The average molecular weight is 454 g/mol. The highest BCUT2D eigenvalue weighted by atomic mass is 16.6. The fourth-order valence-electron chi connectivity index (χ4n) is 3.32. The van der Waals surface area contributed by atoms with Crippen LogP contribution in [-0.2, 0) is 0 Å². The fraction of sp³-hybridized carbons (Fsp3) is 0.588. The van der Waals surface area contributed by atoms with E-state index < -0.39 is 41.9 Å². The molecular formula is C17H26N8O7. The standard InChI is InChI=1S/C17H26N8O7/c18-23-22-10-1-2-11(12(7-10)25(31)32)19-3-4-20-17(30)21-5-6-24-8-14(27)16(29)15(28)13(24)9-26/h1-2,7,13-16,19,26-29H,3-6,8-9H2,(H2,20,21,30)/t13-,14+,15-,16-/m1/s1. The molecule has 32 heavy (non-hydrogen) atoms. The Bertz CT molecular complexity index is 850. The zero-order chi connectivity index (χ0) is 23.7. The molecule has 1 aromatic carbocycles. The average Bonchev–Trinajstić information content (AvgIpc) is 2.76. The maximum atomic E-state index is 11.9. The summed E-state index contributed by atoms with van der Waals surface area (Å²) >= 11 is 0. The summed E-state index contributed by atoms with van der Waals surface area (Å²) in [6.45, 7) is 0.323. The molecule has 1 aliphatic heterocycles. The van der Waals surface area contributed by atoms with Gasteiger partial charge in [-0.2, -0.15) is 0 Å². The third-order valence-corrected chi connectivity index (χ3v) is 4.96. The Kier molecular flexibility index (Phi) is 9.39. The summed E-state index contributed by atoms with van der Waals surface area (Å²) in [6.07, 6.45) is -3.83. The van der Waals surface area contributed by atoms with Gasteiger partial charge in [-0.3, -0.25) is 15.0 Å². The molecular weight excluding hydrogens is 428 g/mol. The normalized spacial score (nSPS) is 23.1. The SMILES string of the molecule is [N-]=[N+]=Nc1ccc(NCCNC(=O)NCCN2C[C@H](O)[C@@H](O)[C@H](O)[C@H]2CO)c([N+](=O)[O-])c1. The number of nitrogens with one attached hydrogen (secondary N) is 3. The van der Waals surface area contributed by atoms with E-state index >= 15 is 0 Å². The number of likely N-dealkylation sites (tertiary alicyclic amines) is 1. The van der Waals surface area contributed by atoms with Gasteiger partial charge in [0.25, 0.3) is 5.69 Å². The Morgan fingerprint density at radius 1 is 1.25 bits per heavy atom. The molecule has 1 aliphatic rings. The van der Waals surface area contributed by atoms with Crippen LogP contribution in [0.15, 0.2) is 23.3 Å². The number of urea groups is 1. The first kappa shape index (κ1) is 25.1. The first-order chi connectivity index (χ1) is 15.3. The van der Waals surface area contributed by atoms with Crippen LogP contribution in [-0.4, -0.2) is 100.0 Å². The molecule has 15 heteroatoms. The summed E-state index contributed by atoms with van der Waals surface area (Å²) in [7, 11) is 0. The zero-order valence-electron chi connectivity index (χ0n) is 17.0. The molecule has 0 saturated carbocycles. The number of amides is 2. The van der Waals surface area contributed by atoms with Crippen molar-refractivity contribution in [2.24, 2.45) is 5.11 Å². The number of nitro benzene ring substituents is 1. The lowest BCUT2D eigenvalue weighted by molar-refractivity contribution is -0.383. The van der Waals surface area contributed by atoms with Gasteiger partial charge in [0.05, 0.1) is 23.7 Å². The molecule has 2 rings (SSSR count). The second-order valence-corrected chi connectivity index (χ2v) is 7.05. The summed E-state index contributed by atoms with van der Waals surface area (Å²) in [5.74, 6) is 0. The van der Waals surface area contributed by atoms with E-state index in [2.05, 4.69) is 26.0 Å². The topological polar surface area (TPSA) is 229 Å². The number of hydrogen-bond donors (Lipinski definition) is 7. The molecule has 0 unspecified atom stereocenters. The summed E-state index contributed by atoms with van der Waals surface area (Å²) in [5.41, 5.74) is 8.46. The molecule has 2 amide bonds. The molecule has 15 nitrogen and oxygen atoms in total. The first-order valence-electron chi connectivity index (χ1n) is 9.76. The van der Waals surface area contributed by atoms with Gasteiger partial charge in [0.2, 0.25) is 0 Å². The lowest BCUT2D eigenvalue weighted by Gasteiger charge is -2.43. The van der Waals surface area contributed by atoms with Gasteiger partial charge in [0.1, 0.15) is 17.9 Å². The van der Waals surface area contributed by atoms with Gasteiger partial charge in [-0.25, -0.2) is 4.79 Å². The number of nitro groups is 1. The highest BCUT2D eigenvalue weighted by Crippen LogP contribution is 2.29. The maximum absolute atomic E-state index is 11.9. The van der Waals surface area contributed by atoms with E-state index in [0.29, 0.717) is 0 Å². The van der Waals surface area contributed by atoms with Crippen molar-refractivity contribution >= 4 is 23.1 Å². The van der Waals surface area contributed by atoms with Crippen molar-refractivity contribution in [1.29, 1.82) is 0 Å². The highest BCUT2D eigenvalue weighted by Gasteiger charge is 2.40. The molecule has 7 N–H and O–H groups in total. The lowest BCUT2D eigenvalue weighted by atomic mass is 9.94. The Morgan fingerprint density at radius 3 is 2.62 bits per heavy atom. The summed E-state index contributed by atoms with van der Waals surface area (Å²) in [6, 6.07) is 2.69. The van der Waals surface area contributed by atoms with Crippen molar-refractivity contribution in [1.82, 2.24) is 15.5 Å². The second kappa shape index (κ2) is 12.0. The summed E-state index contributed by atoms with van der Waals surface area (Å²) in [4.78, 5) is 26.6. The van der Waals surface area contributed by atoms with Gasteiger partial charge in [0.15, 0.2) is 0 Å². The van der Waals surface area contributed by atoms with Gasteiger partial charge >= 0.3 is 6.03 Å². The maximum Gasteiger partial charge on any atom is 0.314 e. The number of nitrogens with zero attached hydrogens (tertiary/aromatic N) is 5. The van der Waals surface area contributed by atoms with Gasteiger partial charge in [0, 0.05) is 49.4 Å². The highest BCUT2D eigenvalue weighted by molar-refractivity contribution is 5.74. The summed E-state index contributed by atoms with van der Waals surface area (Å²) < 4.78 is 0. The number of aliphatic hydroxyl groups is 4. The second-order valence-electron chi connectivity index (χ2n) is 7.05. The number of carbonyl (C=O) groups is 1. The smallest absolute Gasteiger partial charge is 0.314 e. The number of hydrogen-bond acceptors (Lipinski definition) is 10. The number of benzene rings is 1. The third kappa shape index (κ3) is 6.65. The van der Waals surface area contributed by atoms with E-state index in [9.17, 15) is 35.3 Å². The molecule has 0 aromatic heterocycles. The van der Waals surface area contributed by atoms with Crippen LogP contribution in [0.3, 0.4) is 0 Å². The number of aliphatic hydroxyl groups excluding tert-OH is 4. The molecule has 1 fully saturated rings. The molecule has 1 aromatic rings. The quantitative estimate of drug-likeness (QED) is 0.0573. The predicted octanol–water partition coefficient (Wildman–Crippen LogP) is -0.993.